The predicted octanol–water partition coefficient (Wildman–Crippen LogP) is 0.400. The zero-order valence-electron chi connectivity index (χ0n) is 13.7. The summed E-state index contributed by atoms with van der Waals surface area (Å²) in [6, 6.07) is 3.58. The molecular formula is C16H19NO8. The highest BCUT2D eigenvalue weighted by atomic mass is 16.7. The van der Waals surface area contributed by atoms with Crippen molar-refractivity contribution in [2.24, 2.45) is 0 Å². The maximum atomic E-state index is 11.7. The lowest BCUT2D eigenvalue weighted by Crippen LogP contribution is -2.69. The Balaban J connectivity index is 1.80. The number of hydrogen-bond acceptors (Lipinski definition) is 8. The first-order valence-corrected chi connectivity index (χ1v) is 8.03. The first-order valence-electron chi connectivity index (χ1n) is 8.03. The fourth-order valence-corrected chi connectivity index (χ4v) is 3.93. The Hall–Kier alpha value is -1.94. The Labute approximate surface area is 143 Å². The van der Waals surface area contributed by atoms with Gasteiger partial charge in [0, 0.05) is 4.92 Å². The average Bonchev–Trinajstić information content (AvgIpc) is 2.99. The van der Waals surface area contributed by atoms with Gasteiger partial charge in [-0.15, -0.1) is 0 Å². The largest absolute Gasteiger partial charge is 0.454 e. The summed E-state index contributed by atoms with van der Waals surface area (Å²) in [7, 11) is 0. The number of rotatable bonds is 2. The van der Waals surface area contributed by atoms with Gasteiger partial charge in [-0.05, 0) is 31.5 Å². The molecule has 0 unspecified atom stereocenters. The SMILES string of the molecule is CC1(C)O[C@H]2[C@@H](O)[C@H]([N+](=O)[O-])[C@@H](c3ccc4c(c3)OCO4)[C@@H](O1)[C@H]2O. The summed E-state index contributed by atoms with van der Waals surface area (Å²) >= 11 is 0. The third-order valence-electron chi connectivity index (χ3n) is 4.95. The molecule has 1 aromatic rings. The summed E-state index contributed by atoms with van der Waals surface area (Å²) in [6.45, 7) is 3.37. The van der Waals surface area contributed by atoms with E-state index in [1.54, 1.807) is 32.0 Å². The summed E-state index contributed by atoms with van der Waals surface area (Å²) in [5.41, 5.74) is 0.533. The molecule has 0 radical (unpaired) electrons. The van der Waals surface area contributed by atoms with Gasteiger partial charge < -0.3 is 29.2 Å². The van der Waals surface area contributed by atoms with E-state index in [1.165, 1.54) is 0 Å². The lowest BCUT2D eigenvalue weighted by atomic mass is 9.72. The second kappa shape index (κ2) is 5.53. The van der Waals surface area contributed by atoms with Crippen LogP contribution in [0.3, 0.4) is 0 Å². The number of aliphatic hydroxyl groups excluding tert-OH is 2. The second-order valence-electron chi connectivity index (χ2n) is 6.96. The second-order valence-corrected chi connectivity index (χ2v) is 6.96. The highest BCUT2D eigenvalue weighted by molar-refractivity contribution is 5.46. The molecule has 136 valence electrons. The van der Waals surface area contributed by atoms with Crippen molar-refractivity contribution in [2.75, 3.05) is 6.79 Å². The molecule has 1 saturated carbocycles. The van der Waals surface area contributed by atoms with Crippen molar-refractivity contribution in [3.63, 3.8) is 0 Å². The Morgan fingerprint density at radius 1 is 1.12 bits per heavy atom. The smallest absolute Gasteiger partial charge is 0.250 e. The molecule has 1 saturated heterocycles. The van der Waals surface area contributed by atoms with Crippen LogP contribution in [-0.4, -0.2) is 58.2 Å². The predicted molar refractivity (Wildman–Crippen MR) is 81.9 cm³/mol. The highest BCUT2D eigenvalue weighted by Crippen LogP contribution is 2.46. The van der Waals surface area contributed by atoms with Gasteiger partial charge in [0.25, 0.3) is 6.04 Å². The topological polar surface area (TPSA) is 121 Å². The van der Waals surface area contributed by atoms with Crippen molar-refractivity contribution in [3.8, 4) is 11.5 Å². The zero-order valence-corrected chi connectivity index (χ0v) is 13.7. The minimum atomic E-state index is -1.47. The van der Waals surface area contributed by atoms with Crippen molar-refractivity contribution in [3.05, 3.63) is 33.9 Å². The first kappa shape index (κ1) is 16.5. The minimum absolute atomic E-state index is 0.0796. The van der Waals surface area contributed by atoms with Crippen molar-refractivity contribution in [1.82, 2.24) is 0 Å². The van der Waals surface area contributed by atoms with Gasteiger partial charge in [0.05, 0.1) is 5.92 Å². The van der Waals surface area contributed by atoms with E-state index in [9.17, 15) is 20.3 Å². The van der Waals surface area contributed by atoms with Gasteiger partial charge in [-0.3, -0.25) is 10.1 Å². The van der Waals surface area contributed by atoms with Crippen LogP contribution in [0.25, 0.3) is 0 Å². The fraction of sp³-hybridized carbons (Fsp3) is 0.625. The van der Waals surface area contributed by atoms with Gasteiger partial charge in [-0.2, -0.15) is 0 Å². The number of nitrogens with zero attached hydrogens (tertiary/aromatic N) is 1. The standard InChI is InChI=1S/C16H19NO8/c1-16(2)24-14-10(7-3-4-8-9(5-7)23-6-22-8)11(17(20)21)12(18)15(25-16)13(14)19/h3-5,10-15,18-19H,6H2,1-2H3/t10-,11-,12+,13-,14-,15+/m1/s1. The first-order chi connectivity index (χ1) is 11.8. The molecule has 3 aliphatic rings. The lowest BCUT2D eigenvalue weighted by Gasteiger charge is -2.52. The fourth-order valence-electron chi connectivity index (χ4n) is 3.93. The third kappa shape index (κ3) is 2.54. The Morgan fingerprint density at radius 2 is 1.80 bits per heavy atom. The maximum Gasteiger partial charge on any atom is 0.250 e. The zero-order chi connectivity index (χ0) is 17.9. The van der Waals surface area contributed by atoms with E-state index in [-0.39, 0.29) is 6.79 Å². The molecule has 2 heterocycles. The molecule has 2 aliphatic heterocycles. The Kier molecular flexibility index (Phi) is 3.66. The van der Waals surface area contributed by atoms with Gasteiger partial charge >= 0.3 is 0 Å². The quantitative estimate of drug-likeness (QED) is 0.579. The van der Waals surface area contributed by atoms with Crippen molar-refractivity contribution in [1.29, 1.82) is 0 Å². The Morgan fingerprint density at radius 3 is 2.52 bits per heavy atom. The van der Waals surface area contributed by atoms with Crippen LogP contribution in [0.1, 0.15) is 25.3 Å². The van der Waals surface area contributed by atoms with E-state index < -0.39 is 47.1 Å². The third-order valence-corrected chi connectivity index (χ3v) is 4.95. The molecule has 1 aromatic carbocycles. The molecule has 2 fully saturated rings. The van der Waals surface area contributed by atoms with Gasteiger partial charge in [-0.25, -0.2) is 0 Å². The number of ether oxygens (including phenoxy) is 4. The Bertz CT molecular complexity index is 707. The molecular weight excluding hydrogens is 334 g/mol. The summed E-state index contributed by atoms with van der Waals surface area (Å²) in [5.74, 6) is -0.929. The molecule has 6 atom stereocenters. The molecule has 1 aliphatic carbocycles. The van der Waals surface area contributed by atoms with E-state index >= 15 is 0 Å². The summed E-state index contributed by atoms with van der Waals surface area (Å²) in [4.78, 5) is 11.1. The lowest BCUT2D eigenvalue weighted by molar-refractivity contribution is -0.559. The van der Waals surface area contributed by atoms with Gasteiger partial charge in [0.2, 0.25) is 6.79 Å². The van der Waals surface area contributed by atoms with Gasteiger partial charge in [0.1, 0.15) is 18.3 Å². The summed E-state index contributed by atoms with van der Waals surface area (Å²) in [6.07, 6.45) is -4.64. The normalized spacial score (nSPS) is 38.4. The molecule has 0 spiro atoms. The van der Waals surface area contributed by atoms with Crippen LogP contribution in [0, 0.1) is 10.1 Å². The van der Waals surface area contributed by atoms with Gasteiger partial charge in [0.15, 0.2) is 23.4 Å². The monoisotopic (exact) mass is 353 g/mol. The average molecular weight is 353 g/mol. The van der Waals surface area contributed by atoms with E-state index in [2.05, 4.69) is 0 Å². The molecule has 4 rings (SSSR count). The van der Waals surface area contributed by atoms with Crippen molar-refractivity contribution >= 4 is 0 Å². The number of hydrogen-bond donors (Lipinski definition) is 2. The number of nitro groups is 1. The molecule has 25 heavy (non-hydrogen) atoms. The summed E-state index contributed by atoms with van der Waals surface area (Å²) in [5, 5.41) is 32.7. The van der Waals surface area contributed by atoms with Crippen LogP contribution < -0.4 is 9.47 Å². The van der Waals surface area contributed by atoms with Crippen molar-refractivity contribution < 1.29 is 34.1 Å². The van der Waals surface area contributed by atoms with Crippen LogP contribution in [0.2, 0.25) is 0 Å². The van der Waals surface area contributed by atoms with Crippen LogP contribution >= 0.6 is 0 Å². The highest BCUT2D eigenvalue weighted by Gasteiger charge is 2.62. The van der Waals surface area contributed by atoms with Crippen LogP contribution in [0.5, 0.6) is 11.5 Å². The van der Waals surface area contributed by atoms with E-state index in [1.807, 2.05) is 0 Å². The maximum absolute atomic E-state index is 11.7. The number of aliphatic hydroxyl groups is 2. The van der Waals surface area contributed by atoms with Crippen LogP contribution in [0.4, 0.5) is 0 Å². The molecule has 9 heteroatoms. The molecule has 2 N–H and O–H groups in total. The van der Waals surface area contributed by atoms with E-state index in [4.69, 9.17) is 18.9 Å². The van der Waals surface area contributed by atoms with Crippen LogP contribution in [0.15, 0.2) is 18.2 Å². The van der Waals surface area contributed by atoms with E-state index in [0.29, 0.717) is 17.1 Å². The molecule has 2 bridgehead atoms. The van der Waals surface area contributed by atoms with Gasteiger partial charge in [-0.1, -0.05) is 6.07 Å². The number of benzene rings is 1. The van der Waals surface area contributed by atoms with Crippen LogP contribution in [-0.2, 0) is 9.47 Å². The molecule has 9 nitrogen and oxygen atoms in total. The molecule has 0 amide bonds. The minimum Gasteiger partial charge on any atom is -0.454 e. The molecule has 0 aromatic heterocycles. The number of fused-ring (bicyclic) bond motifs is 3. The van der Waals surface area contributed by atoms with E-state index in [0.717, 1.165) is 0 Å². The summed E-state index contributed by atoms with van der Waals surface area (Å²) < 4.78 is 22.0. The van der Waals surface area contributed by atoms with Crippen molar-refractivity contribution in [2.45, 2.75) is 56.0 Å².